The van der Waals surface area contributed by atoms with E-state index in [0.717, 1.165) is 33.2 Å². The zero-order valence-corrected chi connectivity index (χ0v) is 12.4. The molecule has 0 atom stereocenters. The lowest BCUT2D eigenvalue weighted by Crippen LogP contribution is -2.30. The third-order valence-electron chi connectivity index (χ3n) is 4.03. The molecule has 0 fully saturated rings. The van der Waals surface area contributed by atoms with Crippen molar-refractivity contribution in [3.8, 4) is 11.3 Å². The Balaban J connectivity index is 2.07. The van der Waals surface area contributed by atoms with E-state index in [1.54, 1.807) is 12.1 Å². The average Bonchev–Trinajstić information content (AvgIpc) is 2.92. The Morgan fingerprint density at radius 2 is 1.95 bits per heavy atom. The van der Waals surface area contributed by atoms with Crippen LogP contribution in [0.25, 0.3) is 33.3 Å². The van der Waals surface area contributed by atoms with Crippen molar-refractivity contribution >= 4 is 22.1 Å². The maximum atomic E-state index is 7.55. The number of pyridine rings is 2. The van der Waals surface area contributed by atoms with Crippen molar-refractivity contribution in [1.29, 1.82) is 0 Å². The minimum absolute atomic E-state index is 0.0441. The molecule has 0 bridgehead atoms. The van der Waals surface area contributed by atoms with E-state index in [-0.39, 0.29) is 5.69 Å². The summed E-state index contributed by atoms with van der Waals surface area (Å²) in [5.74, 6) is 0. The van der Waals surface area contributed by atoms with Crippen LogP contribution in [0.2, 0.25) is 0 Å². The van der Waals surface area contributed by atoms with Crippen LogP contribution in [0, 0.1) is 13.8 Å². The summed E-state index contributed by atoms with van der Waals surface area (Å²) in [4.78, 5) is 4.23. The topological polar surface area (TPSA) is 29.9 Å². The Bertz CT molecular complexity index is 1110. The van der Waals surface area contributed by atoms with Crippen molar-refractivity contribution in [1.82, 2.24) is 4.98 Å². The molecule has 0 N–H and O–H groups in total. The van der Waals surface area contributed by atoms with Crippen molar-refractivity contribution in [2.24, 2.45) is 7.05 Å². The summed E-state index contributed by atoms with van der Waals surface area (Å²) in [5, 5.41) is 1.76. The summed E-state index contributed by atoms with van der Waals surface area (Å²) < 4.78 is 30.7. The molecule has 0 aliphatic heterocycles. The SMILES string of the molecule is [2H]C([2H])([2H])c1ccc2c(n1)oc1c(-c3cccc[n+]3C)c(C)ccc12. The first-order valence-corrected chi connectivity index (χ1v) is 7.14. The van der Waals surface area contributed by atoms with Gasteiger partial charge in [-0.2, -0.15) is 0 Å². The Labute approximate surface area is 133 Å². The number of benzene rings is 1. The van der Waals surface area contributed by atoms with Gasteiger partial charge in [0.25, 0.3) is 0 Å². The van der Waals surface area contributed by atoms with E-state index in [1.165, 1.54) is 0 Å². The number of furan rings is 1. The first-order chi connectivity index (χ1) is 11.9. The van der Waals surface area contributed by atoms with Gasteiger partial charge in [-0.25, -0.2) is 9.55 Å². The molecule has 1 aromatic carbocycles. The van der Waals surface area contributed by atoms with Gasteiger partial charge in [-0.05, 0) is 37.5 Å². The zero-order valence-electron chi connectivity index (χ0n) is 15.4. The van der Waals surface area contributed by atoms with Crippen molar-refractivity contribution in [3.63, 3.8) is 0 Å². The van der Waals surface area contributed by atoms with Crippen LogP contribution >= 0.6 is 0 Å². The van der Waals surface area contributed by atoms with E-state index < -0.39 is 6.85 Å². The second-order valence-corrected chi connectivity index (χ2v) is 5.48. The molecule has 0 aliphatic rings. The van der Waals surface area contributed by atoms with Gasteiger partial charge in [-0.1, -0.05) is 12.1 Å². The first kappa shape index (κ1) is 10.1. The average molecular weight is 292 g/mol. The lowest BCUT2D eigenvalue weighted by Gasteiger charge is -2.04. The number of rotatable bonds is 1. The molecular formula is C19H17N2O+. The van der Waals surface area contributed by atoms with Crippen molar-refractivity contribution in [2.75, 3.05) is 0 Å². The van der Waals surface area contributed by atoms with Gasteiger partial charge < -0.3 is 4.42 Å². The fraction of sp³-hybridized carbons (Fsp3) is 0.158. The smallest absolute Gasteiger partial charge is 0.227 e. The molecule has 0 radical (unpaired) electrons. The van der Waals surface area contributed by atoms with Gasteiger partial charge in [0, 0.05) is 32.7 Å². The van der Waals surface area contributed by atoms with Gasteiger partial charge in [0.2, 0.25) is 11.4 Å². The molecule has 4 rings (SSSR count). The summed E-state index contributed by atoms with van der Waals surface area (Å²) in [5.41, 5.74) is 4.24. The fourth-order valence-corrected chi connectivity index (χ4v) is 2.92. The number of hydrogen-bond donors (Lipinski definition) is 0. The molecule has 0 unspecified atom stereocenters. The molecule has 3 heterocycles. The molecule has 3 nitrogen and oxygen atoms in total. The van der Waals surface area contributed by atoms with E-state index in [4.69, 9.17) is 8.53 Å². The standard InChI is InChI=1S/C19H17N2O/c1-12-7-9-14-15-10-8-13(2)20-19(15)22-18(14)17(12)16-6-4-5-11-21(16)3/h4-11H,1-3H3/q+1/i2D3. The van der Waals surface area contributed by atoms with Crippen LogP contribution < -0.4 is 4.57 Å². The van der Waals surface area contributed by atoms with E-state index in [9.17, 15) is 0 Å². The highest BCUT2D eigenvalue weighted by Crippen LogP contribution is 2.36. The van der Waals surface area contributed by atoms with Gasteiger partial charge in [-0.3, -0.25) is 0 Å². The van der Waals surface area contributed by atoms with E-state index in [2.05, 4.69) is 11.1 Å². The maximum absolute atomic E-state index is 7.55. The minimum atomic E-state index is -2.25. The number of aromatic nitrogens is 2. The highest BCUT2D eigenvalue weighted by Gasteiger charge is 2.20. The Hall–Kier alpha value is -2.68. The highest BCUT2D eigenvalue weighted by atomic mass is 16.3. The zero-order chi connectivity index (χ0) is 17.8. The van der Waals surface area contributed by atoms with Crippen molar-refractivity contribution in [3.05, 3.63) is 59.9 Å². The molecule has 3 heteroatoms. The monoisotopic (exact) mass is 292 g/mol. The second-order valence-electron chi connectivity index (χ2n) is 5.48. The van der Waals surface area contributed by atoms with E-state index in [1.807, 2.05) is 49.0 Å². The molecule has 3 aromatic heterocycles. The molecule has 108 valence electrons. The lowest BCUT2D eigenvalue weighted by molar-refractivity contribution is -0.660. The lowest BCUT2D eigenvalue weighted by atomic mass is 10.0. The second kappa shape index (κ2) is 4.67. The summed E-state index contributed by atoms with van der Waals surface area (Å²) in [6.45, 7) is -0.214. The molecule has 4 aromatic rings. The summed E-state index contributed by atoms with van der Waals surface area (Å²) in [6, 6.07) is 13.4. The summed E-state index contributed by atoms with van der Waals surface area (Å²) in [7, 11) is 1.99. The third kappa shape index (κ3) is 1.82. The van der Waals surface area contributed by atoms with Crippen molar-refractivity contribution in [2.45, 2.75) is 13.8 Å². The summed E-state index contributed by atoms with van der Waals surface area (Å²) in [6.07, 6.45) is 1.99. The minimum Gasteiger partial charge on any atom is -0.437 e. The number of aryl methyl sites for hydroxylation is 3. The molecular weight excluding hydrogens is 272 g/mol. The predicted octanol–water partition coefficient (Wildman–Crippen LogP) is 4.09. The van der Waals surface area contributed by atoms with Gasteiger partial charge in [0.1, 0.15) is 7.05 Å². The Kier molecular flexibility index (Phi) is 2.15. The molecule has 0 saturated carbocycles. The van der Waals surface area contributed by atoms with Crippen LogP contribution in [0.15, 0.2) is 53.1 Å². The third-order valence-corrected chi connectivity index (χ3v) is 4.03. The van der Waals surface area contributed by atoms with E-state index >= 15 is 0 Å². The molecule has 0 saturated heterocycles. The van der Waals surface area contributed by atoms with Crippen molar-refractivity contribution < 1.29 is 13.1 Å². The van der Waals surface area contributed by atoms with Gasteiger partial charge in [-0.15, -0.1) is 0 Å². The van der Waals surface area contributed by atoms with Crippen LogP contribution in [0.4, 0.5) is 0 Å². The Morgan fingerprint density at radius 3 is 2.77 bits per heavy atom. The molecule has 0 amide bonds. The van der Waals surface area contributed by atoms with Gasteiger partial charge >= 0.3 is 0 Å². The van der Waals surface area contributed by atoms with Crippen LogP contribution in [-0.4, -0.2) is 4.98 Å². The summed E-state index contributed by atoms with van der Waals surface area (Å²) >= 11 is 0. The highest BCUT2D eigenvalue weighted by molar-refractivity contribution is 6.08. The maximum Gasteiger partial charge on any atom is 0.227 e. The number of hydrogen-bond acceptors (Lipinski definition) is 2. The van der Waals surface area contributed by atoms with Gasteiger partial charge in [0.05, 0.1) is 5.56 Å². The number of nitrogens with zero attached hydrogens (tertiary/aromatic N) is 2. The molecule has 0 spiro atoms. The van der Waals surface area contributed by atoms with Crippen LogP contribution in [0.1, 0.15) is 15.4 Å². The molecule has 0 aliphatic carbocycles. The van der Waals surface area contributed by atoms with Crippen LogP contribution in [0.5, 0.6) is 0 Å². The number of fused-ring (bicyclic) bond motifs is 3. The van der Waals surface area contributed by atoms with E-state index in [0.29, 0.717) is 5.71 Å². The predicted molar refractivity (Wildman–Crippen MR) is 87.6 cm³/mol. The quantitative estimate of drug-likeness (QED) is 0.495. The largest absolute Gasteiger partial charge is 0.437 e. The Morgan fingerprint density at radius 1 is 1.09 bits per heavy atom. The first-order valence-electron chi connectivity index (χ1n) is 8.64. The van der Waals surface area contributed by atoms with Crippen LogP contribution in [-0.2, 0) is 7.05 Å². The van der Waals surface area contributed by atoms with Gasteiger partial charge in [0.15, 0.2) is 11.8 Å². The fourth-order valence-electron chi connectivity index (χ4n) is 2.92. The molecule has 22 heavy (non-hydrogen) atoms. The van der Waals surface area contributed by atoms with Crippen LogP contribution in [0.3, 0.4) is 0 Å². The normalized spacial score (nSPS) is 14.0.